The first-order chi connectivity index (χ1) is 7.94. The van der Waals surface area contributed by atoms with Crippen LogP contribution >= 0.6 is 0 Å². The van der Waals surface area contributed by atoms with Crippen LogP contribution in [-0.2, 0) is 14.6 Å². The van der Waals surface area contributed by atoms with Crippen LogP contribution in [0.25, 0.3) is 0 Å². The van der Waals surface area contributed by atoms with Crippen molar-refractivity contribution in [2.75, 3.05) is 18.1 Å². The van der Waals surface area contributed by atoms with Crippen LogP contribution in [0.3, 0.4) is 0 Å². The van der Waals surface area contributed by atoms with Gasteiger partial charge in [0.05, 0.1) is 17.5 Å². The molecule has 100 valence electrons. The Morgan fingerprint density at radius 3 is 2.76 bits per heavy atom. The highest BCUT2D eigenvalue weighted by Gasteiger charge is 2.28. The van der Waals surface area contributed by atoms with E-state index in [0.29, 0.717) is 19.4 Å². The molecule has 1 amide bonds. The highest BCUT2D eigenvalue weighted by atomic mass is 32.2. The molecule has 1 saturated heterocycles. The summed E-state index contributed by atoms with van der Waals surface area (Å²) >= 11 is 0. The first kappa shape index (κ1) is 14.4. The van der Waals surface area contributed by atoms with Crippen LogP contribution in [0.4, 0.5) is 0 Å². The molecule has 1 heterocycles. The lowest BCUT2D eigenvalue weighted by Crippen LogP contribution is -2.42. The molecule has 2 atom stereocenters. The number of unbranched alkanes of at least 4 members (excludes halogenated alkanes) is 1. The van der Waals surface area contributed by atoms with E-state index in [4.69, 9.17) is 5.73 Å². The zero-order valence-electron chi connectivity index (χ0n) is 10.3. The minimum atomic E-state index is -2.86. The van der Waals surface area contributed by atoms with Gasteiger partial charge in [0.2, 0.25) is 5.91 Å². The summed E-state index contributed by atoms with van der Waals surface area (Å²) in [4.78, 5) is 11.6. The minimum Gasteiger partial charge on any atom is -0.354 e. The predicted molar refractivity (Wildman–Crippen MR) is 67.3 cm³/mol. The molecular formula is C11H22N2O3S. The maximum absolute atomic E-state index is 11.6. The summed E-state index contributed by atoms with van der Waals surface area (Å²) in [6.07, 6.45) is 3.28. The molecule has 17 heavy (non-hydrogen) atoms. The Bertz CT molecular complexity index is 354. The first-order valence-corrected chi connectivity index (χ1v) is 8.00. The maximum Gasteiger partial charge on any atom is 0.236 e. The molecular weight excluding hydrogens is 240 g/mol. The standard InChI is InChI=1S/C11H22N2O3S/c1-2-3-4-10(12)11(14)13-7-9-5-6-17(15,16)8-9/h9-10H,2-8,12H2,1H3,(H,13,14)/t9?,10-/m0/s1. The molecule has 0 aromatic rings. The fraction of sp³-hybridized carbons (Fsp3) is 0.909. The summed E-state index contributed by atoms with van der Waals surface area (Å²) in [5.41, 5.74) is 5.71. The van der Waals surface area contributed by atoms with E-state index < -0.39 is 15.9 Å². The van der Waals surface area contributed by atoms with Crippen molar-refractivity contribution >= 4 is 15.7 Å². The molecule has 0 aliphatic carbocycles. The largest absolute Gasteiger partial charge is 0.354 e. The molecule has 0 aromatic carbocycles. The van der Waals surface area contributed by atoms with Gasteiger partial charge in [-0.1, -0.05) is 19.8 Å². The topological polar surface area (TPSA) is 89.3 Å². The second-order valence-corrected chi connectivity index (χ2v) is 6.99. The lowest BCUT2D eigenvalue weighted by Gasteiger charge is -2.14. The Labute approximate surface area is 103 Å². The molecule has 1 fully saturated rings. The summed E-state index contributed by atoms with van der Waals surface area (Å²) in [6, 6.07) is -0.465. The van der Waals surface area contributed by atoms with Gasteiger partial charge < -0.3 is 11.1 Å². The number of hydrogen-bond donors (Lipinski definition) is 2. The van der Waals surface area contributed by atoms with Crippen LogP contribution in [0, 0.1) is 5.92 Å². The van der Waals surface area contributed by atoms with Crippen molar-refractivity contribution in [3.63, 3.8) is 0 Å². The fourth-order valence-electron chi connectivity index (χ4n) is 1.96. The van der Waals surface area contributed by atoms with E-state index >= 15 is 0 Å². The van der Waals surface area contributed by atoms with Gasteiger partial charge in [0.15, 0.2) is 9.84 Å². The van der Waals surface area contributed by atoms with Gasteiger partial charge in [-0.15, -0.1) is 0 Å². The number of hydrogen-bond acceptors (Lipinski definition) is 4. The molecule has 1 aliphatic rings. The van der Waals surface area contributed by atoms with Crippen molar-refractivity contribution in [1.82, 2.24) is 5.32 Å². The number of carbonyl (C=O) groups excluding carboxylic acids is 1. The zero-order chi connectivity index (χ0) is 12.9. The average molecular weight is 262 g/mol. The molecule has 1 aliphatic heterocycles. The second kappa shape index (κ2) is 6.35. The smallest absolute Gasteiger partial charge is 0.236 e. The van der Waals surface area contributed by atoms with E-state index in [-0.39, 0.29) is 23.3 Å². The van der Waals surface area contributed by atoms with Crippen molar-refractivity contribution in [2.24, 2.45) is 11.7 Å². The van der Waals surface area contributed by atoms with Gasteiger partial charge in [0, 0.05) is 6.54 Å². The molecule has 0 spiro atoms. The van der Waals surface area contributed by atoms with E-state index in [0.717, 1.165) is 12.8 Å². The summed E-state index contributed by atoms with van der Waals surface area (Å²) in [5, 5.41) is 2.74. The zero-order valence-corrected chi connectivity index (χ0v) is 11.1. The lowest BCUT2D eigenvalue weighted by molar-refractivity contribution is -0.122. The number of sulfone groups is 1. The van der Waals surface area contributed by atoms with Crippen LogP contribution in [0.5, 0.6) is 0 Å². The quantitative estimate of drug-likeness (QED) is 0.708. The Balaban J connectivity index is 2.24. The molecule has 0 radical (unpaired) electrons. The van der Waals surface area contributed by atoms with Crippen molar-refractivity contribution < 1.29 is 13.2 Å². The Morgan fingerprint density at radius 1 is 1.53 bits per heavy atom. The molecule has 6 heteroatoms. The van der Waals surface area contributed by atoms with Crippen molar-refractivity contribution in [2.45, 2.75) is 38.6 Å². The van der Waals surface area contributed by atoms with Crippen LogP contribution < -0.4 is 11.1 Å². The normalized spacial score (nSPS) is 24.5. The fourth-order valence-corrected chi connectivity index (χ4v) is 3.83. The third-order valence-electron chi connectivity index (χ3n) is 3.10. The van der Waals surface area contributed by atoms with Crippen molar-refractivity contribution in [1.29, 1.82) is 0 Å². The van der Waals surface area contributed by atoms with Gasteiger partial charge in [-0.25, -0.2) is 8.42 Å². The second-order valence-electron chi connectivity index (χ2n) is 4.76. The Kier molecular flexibility index (Phi) is 5.39. The SMILES string of the molecule is CCCC[C@H](N)C(=O)NCC1CCS(=O)(=O)C1. The van der Waals surface area contributed by atoms with Gasteiger partial charge in [0.25, 0.3) is 0 Å². The molecule has 5 nitrogen and oxygen atoms in total. The molecule has 3 N–H and O–H groups in total. The van der Waals surface area contributed by atoms with Crippen LogP contribution in [0.2, 0.25) is 0 Å². The minimum absolute atomic E-state index is 0.0577. The number of nitrogens with one attached hydrogen (secondary N) is 1. The summed E-state index contributed by atoms with van der Waals surface area (Å²) in [7, 11) is -2.86. The third kappa shape index (κ3) is 5.04. The predicted octanol–water partition coefficient (Wildman–Crippen LogP) is 0.0548. The van der Waals surface area contributed by atoms with E-state index in [1.807, 2.05) is 6.92 Å². The highest BCUT2D eigenvalue weighted by molar-refractivity contribution is 7.91. The van der Waals surface area contributed by atoms with Crippen LogP contribution in [0.15, 0.2) is 0 Å². The lowest BCUT2D eigenvalue weighted by atomic mass is 10.1. The Hall–Kier alpha value is -0.620. The summed E-state index contributed by atoms with van der Waals surface area (Å²) in [6.45, 7) is 2.48. The highest BCUT2D eigenvalue weighted by Crippen LogP contribution is 2.17. The van der Waals surface area contributed by atoms with Crippen molar-refractivity contribution in [3.05, 3.63) is 0 Å². The summed E-state index contributed by atoms with van der Waals surface area (Å²) in [5.74, 6) is 0.331. The van der Waals surface area contributed by atoms with E-state index in [1.54, 1.807) is 0 Å². The van der Waals surface area contributed by atoms with Gasteiger partial charge in [-0.05, 0) is 18.8 Å². The molecule has 0 saturated carbocycles. The molecule has 1 unspecified atom stereocenters. The number of amides is 1. The monoisotopic (exact) mass is 262 g/mol. The van der Waals surface area contributed by atoms with E-state index in [1.165, 1.54) is 0 Å². The van der Waals surface area contributed by atoms with Gasteiger partial charge in [0.1, 0.15) is 0 Å². The van der Waals surface area contributed by atoms with E-state index in [2.05, 4.69) is 5.32 Å². The number of nitrogens with two attached hydrogens (primary N) is 1. The Morgan fingerprint density at radius 2 is 2.24 bits per heavy atom. The molecule has 0 bridgehead atoms. The van der Waals surface area contributed by atoms with E-state index in [9.17, 15) is 13.2 Å². The van der Waals surface area contributed by atoms with Gasteiger partial charge >= 0.3 is 0 Å². The molecule has 1 rings (SSSR count). The third-order valence-corrected chi connectivity index (χ3v) is 4.93. The number of rotatable bonds is 6. The van der Waals surface area contributed by atoms with Gasteiger partial charge in [-0.2, -0.15) is 0 Å². The summed E-state index contributed by atoms with van der Waals surface area (Å²) < 4.78 is 22.4. The van der Waals surface area contributed by atoms with Crippen LogP contribution in [-0.4, -0.2) is 38.4 Å². The van der Waals surface area contributed by atoms with Crippen molar-refractivity contribution in [3.8, 4) is 0 Å². The average Bonchev–Trinajstić information content (AvgIpc) is 2.62. The first-order valence-electron chi connectivity index (χ1n) is 6.18. The number of carbonyl (C=O) groups is 1. The molecule has 0 aromatic heterocycles. The maximum atomic E-state index is 11.6. The van der Waals surface area contributed by atoms with Gasteiger partial charge in [-0.3, -0.25) is 4.79 Å². The van der Waals surface area contributed by atoms with Crippen LogP contribution in [0.1, 0.15) is 32.6 Å².